The number of hydrogen-bond acceptors (Lipinski definition) is 7. The summed E-state index contributed by atoms with van der Waals surface area (Å²) in [6.07, 6.45) is 2.68. The molecule has 2 rings (SSSR count). The fraction of sp³-hybridized carbons (Fsp3) is 0.312. The normalized spacial score (nSPS) is 15.0. The van der Waals surface area contributed by atoms with Gasteiger partial charge in [-0.05, 0) is 37.5 Å². The van der Waals surface area contributed by atoms with Gasteiger partial charge >= 0.3 is 0 Å². The van der Waals surface area contributed by atoms with Gasteiger partial charge < -0.3 is 22.1 Å². The summed E-state index contributed by atoms with van der Waals surface area (Å²) in [4.78, 5) is 23.7. The Hall–Kier alpha value is -2.88. The Morgan fingerprint density at radius 2 is 1.85 bits per heavy atom. The summed E-state index contributed by atoms with van der Waals surface area (Å²) < 4.78 is 23.1. The number of carbonyl (C=O) groups is 2. The van der Waals surface area contributed by atoms with Crippen LogP contribution in [-0.4, -0.2) is 37.6 Å². The summed E-state index contributed by atoms with van der Waals surface area (Å²) in [7, 11) is -3.98. The first-order valence-corrected chi connectivity index (χ1v) is 9.67. The molecule has 0 unspecified atom stereocenters. The van der Waals surface area contributed by atoms with Crippen molar-refractivity contribution < 1.29 is 18.0 Å². The van der Waals surface area contributed by atoms with Gasteiger partial charge in [0.15, 0.2) is 14.9 Å². The Bertz CT molecular complexity index is 917. The number of primary amides is 1. The molecule has 0 aromatic heterocycles. The minimum absolute atomic E-state index is 0.196. The first kappa shape index (κ1) is 19.4. The van der Waals surface area contributed by atoms with Crippen LogP contribution in [0.4, 0.5) is 5.69 Å². The van der Waals surface area contributed by atoms with E-state index in [0.717, 1.165) is 19.1 Å². The molecule has 2 amide bonds. The second kappa shape index (κ2) is 7.16. The predicted octanol–water partition coefficient (Wildman–Crippen LogP) is -0.0234. The van der Waals surface area contributed by atoms with Crippen molar-refractivity contribution in [1.29, 1.82) is 5.41 Å². The van der Waals surface area contributed by atoms with E-state index >= 15 is 0 Å². The molecule has 9 nitrogen and oxygen atoms in total. The number of nitrogens with one attached hydrogen (secondary N) is 3. The molecule has 0 spiro atoms. The molecule has 140 valence electrons. The van der Waals surface area contributed by atoms with Crippen LogP contribution in [0.1, 0.15) is 28.8 Å². The third-order valence-electron chi connectivity index (χ3n) is 3.80. The van der Waals surface area contributed by atoms with Crippen LogP contribution < -0.4 is 22.1 Å². The van der Waals surface area contributed by atoms with E-state index in [4.69, 9.17) is 16.9 Å². The first-order valence-electron chi connectivity index (χ1n) is 7.77. The topological polar surface area (TPSA) is 168 Å². The maximum atomic E-state index is 12.2. The zero-order chi connectivity index (χ0) is 19.6. The highest BCUT2D eigenvalue weighted by Crippen LogP contribution is 2.22. The number of amides is 2. The Labute approximate surface area is 151 Å². The molecule has 0 radical (unpaired) electrons. The largest absolute Gasteiger partial charge is 0.385 e. The van der Waals surface area contributed by atoms with Crippen molar-refractivity contribution in [3.63, 3.8) is 0 Å². The van der Waals surface area contributed by atoms with Crippen molar-refractivity contribution in [2.45, 2.75) is 25.8 Å². The minimum atomic E-state index is -3.98. The lowest BCUT2D eigenvalue weighted by Gasteiger charge is -2.14. The SMILES string of the molecule is Cc1ccc(C(=O)NC2CC2)cc1N/C(N)=C(\C(=N)S(C)(=O)=O)C(N)=O. The van der Waals surface area contributed by atoms with E-state index in [-0.39, 0.29) is 17.8 Å². The van der Waals surface area contributed by atoms with Crippen LogP contribution in [0.2, 0.25) is 0 Å². The highest BCUT2D eigenvalue weighted by Gasteiger charge is 2.26. The molecule has 1 saturated carbocycles. The molecule has 0 bridgehead atoms. The Kier molecular flexibility index (Phi) is 5.36. The second-order valence-electron chi connectivity index (χ2n) is 6.16. The Morgan fingerprint density at radius 3 is 2.35 bits per heavy atom. The molecule has 1 aromatic rings. The van der Waals surface area contributed by atoms with Crippen molar-refractivity contribution >= 4 is 32.4 Å². The van der Waals surface area contributed by atoms with Gasteiger partial charge in [-0.3, -0.25) is 15.0 Å². The summed E-state index contributed by atoms with van der Waals surface area (Å²) in [5.74, 6) is -1.77. The summed E-state index contributed by atoms with van der Waals surface area (Å²) in [5.41, 5.74) is 11.8. The average Bonchev–Trinajstić information content (AvgIpc) is 3.32. The number of sulfone groups is 1. The molecular formula is C16H21N5O4S. The standard InChI is InChI=1S/C16H21N5O4S/c1-8-3-4-9(16(23)20-10-5-6-10)7-11(8)21-13(17)12(14(18)22)15(19)26(2,24)25/h3-4,7,10,19,21H,5-6,17H2,1-2H3,(H2,18,22)(H,20,23)/b13-12-,19-15?. The predicted molar refractivity (Wildman–Crippen MR) is 98.3 cm³/mol. The highest BCUT2D eigenvalue weighted by atomic mass is 32.2. The van der Waals surface area contributed by atoms with Crippen LogP contribution in [0.25, 0.3) is 0 Å². The van der Waals surface area contributed by atoms with Gasteiger partial charge in [-0.25, -0.2) is 8.42 Å². The monoisotopic (exact) mass is 379 g/mol. The number of anilines is 1. The van der Waals surface area contributed by atoms with Crippen molar-refractivity contribution in [3.05, 3.63) is 40.7 Å². The van der Waals surface area contributed by atoms with E-state index in [2.05, 4.69) is 10.6 Å². The van der Waals surface area contributed by atoms with Crippen molar-refractivity contribution in [2.75, 3.05) is 11.6 Å². The third kappa shape index (κ3) is 4.60. The van der Waals surface area contributed by atoms with E-state index in [1.165, 1.54) is 6.07 Å². The molecule has 1 aliphatic carbocycles. The fourth-order valence-electron chi connectivity index (χ4n) is 2.15. The van der Waals surface area contributed by atoms with Crippen LogP contribution in [0.15, 0.2) is 29.6 Å². The van der Waals surface area contributed by atoms with Gasteiger partial charge in [0.1, 0.15) is 11.4 Å². The number of hydrogen-bond donors (Lipinski definition) is 5. The minimum Gasteiger partial charge on any atom is -0.385 e. The van der Waals surface area contributed by atoms with E-state index in [9.17, 15) is 18.0 Å². The van der Waals surface area contributed by atoms with Crippen LogP contribution in [-0.2, 0) is 14.6 Å². The summed E-state index contributed by atoms with van der Waals surface area (Å²) >= 11 is 0. The lowest BCUT2D eigenvalue weighted by atomic mass is 10.1. The van der Waals surface area contributed by atoms with Crippen LogP contribution in [0.3, 0.4) is 0 Å². The van der Waals surface area contributed by atoms with Gasteiger partial charge in [-0.15, -0.1) is 0 Å². The molecule has 0 atom stereocenters. The lowest BCUT2D eigenvalue weighted by molar-refractivity contribution is -0.114. The van der Waals surface area contributed by atoms with Gasteiger partial charge in [0, 0.05) is 23.5 Å². The van der Waals surface area contributed by atoms with Gasteiger partial charge in [-0.1, -0.05) is 6.07 Å². The first-order chi connectivity index (χ1) is 12.0. The zero-order valence-electron chi connectivity index (χ0n) is 14.4. The smallest absolute Gasteiger partial charge is 0.255 e. The number of benzene rings is 1. The quantitative estimate of drug-likeness (QED) is 0.264. The van der Waals surface area contributed by atoms with Crippen molar-refractivity contribution in [1.82, 2.24) is 5.32 Å². The van der Waals surface area contributed by atoms with Gasteiger partial charge in [0.25, 0.3) is 11.8 Å². The maximum Gasteiger partial charge on any atom is 0.255 e. The fourth-order valence-corrected chi connectivity index (χ4v) is 2.74. The van der Waals surface area contributed by atoms with Crippen molar-refractivity contribution in [2.24, 2.45) is 11.5 Å². The number of rotatable bonds is 6. The molecule has 0 aliphatic heterocycles. The highest BCUT2D eigenvalue weighted by molar-refractivity contribution is 8.06. The summed E-state index contributed by atoms with van der Waals surface area (Å²) in [6.45, 7) is 1.74. The number of carbonyl (C=O) groups excluding carboxylic acids is 2. The molecule has 1 aromatic carbocycles. The maximum absolute atomic E-state index is 12.2. The van der Waals surface area contributed by atoms with Crippen molar-refractivity contribution in [3.8, 4) is 0 Å². The van der Waals surface area contributed by atoms with E-state index in [0.29, 0.717) is 16.8 Å². The van der Waals surface area contributed by atoms with E-state index in [1.807, 2.05) is 0 Å². The van der Waals surface area contributed by atoms with Gasteiger partial charge in [0.2, 0.25) is 0 Å². The van der Waals surface area contributed by atoms with Crippen LogP contribution >= 0.6 is 0 Å². The molecule has 1 aliphatic rings. The molecule has 10 heteroatoms. The Morgan fingerprint density at radius 1 is 1.23 bits per heavy atom. The molecule has 26 heavy (non-hydrogen) atoms. The third-order valence-corrected chi connectivity index (χ3v) is 4.74. The lowest BCUT2D eigenvalue weighted by Crippen LogP contribution is -2.31. The van der Waals surface area contributed by atoms with E-state index < -0.39 is 26.4 Å². The number of nitrogens with two attached hydrogens (primary N) is 2. The summed E-state index contributed by atoms with van der Waals surface area (Å²) in [5, 5.41) is 12.2. The molecule has 1 fully saturated rings. The van der Waals surface area contributed by atoms with Gasteiger partial charge in [-0.2, -0.15) is 0 Å². The summed E-state index contributed by atoms with van der Waals surface area (Å²) in [6, 6.07) is 5.05. The Balaban J connectivity index is 2.36. The molecule has 7 N–H and O–H groups in total. The van der Waals surface area contributed by atoms with Gasteiger partial charge in [0.05, 0.1) is 0 Å². The molecule has 0 saturated heterocycles. The second-order valence-corrected chi connectivity index (χ2v) is 8.11. The van der Waals surface area contributed by atoms with Crippen LogP contribution in [0, 0.1) is 12.3 Å². The number of aryl methyl sites for hydroxylation is 1. The average molecular weight is 379 g/mol. The van der Waals surface area contributed by atoms with E-state index in [1.54, 1.807) is 19.1 Å². The molecule has 0 heterocycles. The molecular weight excluding hydrogens is 358 g/mol. The zero-order valence-corrected chi connectivity index (χ0v) is 15.2. The van der Waals surface area contributed by atoms with Crippen LogP contribution in [0.5, 0.6) is 0 Å².